The standard InChI is InChI=1S/C16H12F4N6O/c1-8-10(17)3-2-4-11(8)26-14(21)13(24-25-26)15(27)23-12-6-5-9(7-22-12)16(18,19)20/h2-7H,21H2,1H3,(H,22,23,27). The Hall–Kier alpha value is -3.50. The number of rotatable bonds is 3. The zero-order valence-electron chi connectivity index (χ0n) is 13.8. The lowest BCUT2D eigenvalue weighted by Gasteiger charge is -2.08. The van der Waals surface area contributed by atoms with Crippen molar-refractivity contribution in [3.63, 3.8) is 0 Å². The van der Waals surface area contributed by atoms with E-state index in [1.165, 1.54) is 19.1 Å². The summed E-state index contributed by atoms with van der Waals surface area (Å²) in [5.74, 6) is -1.58. The van der Waals surface area contributed by atoms with E-state index in [2.05, 4.69) is 20.6 Å². The highest BCUT2D eigenvalue weighted by atomic mass is 19.4. The van der Waals surface area contributed by atoms with Crippen molar-refractivity contribution in [2.45, 2.75) is 13.1 Å². The molecule has 1 amide bonds. The second kappa shape index (κ2) is 6.67. The molecule has 0 saturated carbocycles. The summed E-state index contributed by atoms with van der Waals surface area (Å²) in [7, 11) is 0. The topological polar surface area (TPSA) is 98.7 Å². The monoisotopic (exact) mass is 380 g/mol. The number of nitrogens with zero attached hydrogens (tertiary/aromatic N) is 4. The molecule has 0 aliphatic rings. The molecule has 0 aliphatic heterocycles. The normalized spacial score (nSPS) is 11.4. The van der Waals surface area contributed by atoms with Crippen molar-refractivity contribution in [1.82, 2.24) is 20.0 Å². The van der Waals surface area contributed by atoms with E-state index >= 15 is 0 Å². The van der Waals surface area contributed by atoms with Gasteiger partial charge in [-0.15, -0.1) is 5.10 Å². The number of carbonyl (C=O) groups is 1. The molecule has 0 aliphatic carbocycles. The maximum absolute atomic E-state index is 13.7. The van der Waals surface area contributed by atoms with Crippen molar-refractivity contribution in [3.8, 4) is 5.69 Å². The second-order valence-electron chi connectivity index (χ2n) is 5.50. The first-order valence-corrected chi connectivity index (χ1v) is 7.49. The number of benzene rings is 1. The average Bonchev–Trinajstić information content (AvgIpc) is 2.98. The Morgan fingerprint density at radius 3 is 2.59 bits per heavy atom. The van der Waals surface area contributed by atoms with Crippen molar-refractivity contribution in [2.75, 3.05) is 11.1 Å². The summed E-state index contributed by atoms with van der Waals surface area (Å²) in [6, 6.07) is 6.03. The van der Waals surface area contributed by atoms with Crippen LogP contribution in [-0.2, 0) is 6.18 Å². The predicted octanol–water partition coefficient (Wildman–Crippen LogP) is 2.96. The predicted molar refractivity (Wildman–Crippen MR) is 87.7 cm³/mol. The van der Waals surface area contributed by atoms with E-state index in [1.807, 2.05) is 0 Å². The molecule has 1 aromatic carbocycles. The van der Waals surface area contributed by atoms with Gasteiger partial charge in [0.1, 0.15) is 11.6 Å². The molecule has 7 nitrogen and oxygen atoms in total. The van der Waals surface area contributed by atoms with Gasteiger partial charge in [0.05, 0.1) is 11.3 Å². The summed E-state index contributed by atoms with van der Waals surface area (Å²) in [6.07, 6.45) is -3.95. The van der Waals surface area contributed by atoms with Crippen molar-refractivity contribution >= 4 is 17.5 Å². The number of amides is 1. The molecule has 3 aromatic rings. The van der Waals surface area contributed by atoms with Crippen LogP contribution in [0.2, 0.25) is 0 Å². The zero-order valence-corrected chi connectivity index (χ0v) is 13.8. The molecule has 0 radical (unpaired) electrons. The van der Waals surface area contributed by atoms with Gasteiger partial charge in [0.2, 0.25) is 0 Å². The third kappa shape index (κ3) is 3.57. The SMILES string of the molecule is Cc1c(F)cccc1-n1nnc(C(=O)Nc2ccc(C(F)(F)F)cn2)c1N. The maximum atomic E-state index is 13.7. The lowest BCUT2D eigenvalue weighted by molar-refractivity contribution is -0.137. The lowest BCUT2D eigenvalue weighted by Crippen LogP contribution is -2.16. The van der Waals surface area contributed by atoms with Crippen molar-refractivity contribution < 1.29 is 22.4 Å². The van der Waals surface area contributed by atoms with Gasteiger partial charge in [-0.3, -0.25) is 4.79 Å². The van der Waals surface area contributed by atoms with Crippen LogP contribution in [0.5, 0.6) is 0 Å². The van der Waals surface area contributed by atoms with Gasteiger partial charge in [0.15, 0.2) is 11.5 Å². The van der Waals surface area contributed by atoms with Crippen LogP contribution < -0.4 is 11.1 Å². The van der Waals surface area contributed by atoms with E-state index in [-0.39, 0.29) is 22.9 Å². The summed E-state index contributed by atoms with van der Waals surface area (Å²) in [5, 5.41) is 9.68. The first-order valence-electron chi connectivity index (χ1n) is 7.49. The van der Waals surface area contributed by atoms with E-state index in [9.17, 15) is 22.4 Å². The van der Waals surface area contributed by atoms with Crippen molar-refractivity contribution in [1.29, 1.82) is 0 Å². The number of carbonyl (C=O) groups excluding carboxylic acids is 1. The minimum atomic E-state index is -4.54. The molecular weight excluding hydrogens is 368 g/mol. The molecule has 0 atom stereocenters. The number of anilines is 2. The Bertz CT molecular complexity index is 997. The second-order valence-corrected chi connectivity index (χ2v) is 5.50. The van der Waals surface area contributed by atoms with E-state index in [4.69, 9.17) is 5.73 Å². The molecule has 3 rings (SSSR count). The molecule has 11 heteroatoms. The molecular formula is C16H12F4N6O. The summed E-state index contributed by atoms with van der Waals surface area (Å²) in [5.41, 5.74) is 5.20. The highest BCUT2D eigenvalue weighted by Crippen LogP contribution is 2.29. The summed E-state index contributed by atoms with van der Waals surface area (Å²) in [4.78, 5) is 15.8. The smallest absolute Gasteiger partial charge is 0.382 e. The first kappa shape index (κ1) is 18.3. The van der Waals surface area contributed by atoms with Crippen LogP contribution in [0.3, 0.4) is 0 Å². The molecule has 140 valence electrons. The fourth-order valence-corrected chi connectivity index (χ4v) is 2.27. The van der Waals surface area contributed by atoms with Gasteiger partial charge < -0.3 is 11.1 Å². The lowest BCUT2D eigenvalue weighted by atomic mass is 10.2. The Morgan fingerprint density at radius 2 is 1.96 bits per heavy atom. The van der Waals surface area contributed by atoms with Crippen LogP contribution >= 0.6 is 0 Å². The van der Waals surface area contributed by atoms with Crippen LogP contribution in [0.1, 0.15) is 21.6 Å². The number of nitrogens with one attached hydrogen (secondary N) is 1. The van der Waals surface area contributed by atoms with E-state index in [0.29, 0.717) is 11.9 Å². The molecule has 27 heavy (non-hydrogen) atoms. The van der Waals surface area contributed by atoms with Crippen molar-refractivity contribution in [3.05, 3.63) is 59.2 Å². The molecule has 0 saturated heterocycles. The third-order valence-electron chi connectivity index (χ3n) is 3.72. The van der Waals surface area contributed by atoms with Gasteiger partial charge in [0.25, 0.3) is 5.91 Å². The molecule has 3 N–H and O–H groups in total. The van der Waals surface area contributed by atoms with E-state index in [1.54, 1.807) is 6.07 Å². The molecule has 0 unspecified atom stereocenters. The average molecular weight is 380 g/mol. The van der Waals surface area contributed by atoms with E-state index < -0.39 is 23.5 Å². The first-order chi connectivity index (χ1) is 12.7. The van der Waals surface area contributed by atoms with Gasteiger partial charge in [-0.25, -0.2) is 9.37 Å². The van der Waals surface area contributed by atoms with Gasteiger partial charge in [0, 0.05) is 11.8 Å². The van der Waals surface area contributed by atoms with Crippen LogP contribution in [0.4, 0.5) is 29.2 Å². The number of nitrogens with two attached hydrogens (primary N) is 1. The van der Waals surface area contributed by atoms with Crippen LogP contribution in [-0.4, -0.2) is 25.9 Å². The fraction of sp³-hybridized carbons (Fsp3) is 0.125. The quantitative estimate of drug-likeness (QED) is 0.681. The van der Waals surface area contributed by atoms with Gasteiger partial charge in [-0.1, -0.05) is 11.3 Å². The van der Waals surface area contributed by atoms with Crippen LogP contribution in [0.25, 0.3) is 5.69 Å². The summed E-state index contributed by atoms with van der Waals surface area (Å²) >= 11 is 0. The highest BCUT2D eigenvalue weighted by Gasteiger charge is 2.30. The Balaban J connectivity index is 1.84. The Labute approximate surface area is 149 Å². The number of pyridine rings is 1. The van der Waals surface area contributed by atoms with Crippen molar-refractivity contribution in [2.24, 2.45) is 0 Å². The summed E-state index contributed by atoms with van der Waals surface area (Å²) < 4.78 is 52.4. The summed E-state index contributed by atoms with van der Waals surface area (Å²) in [6.45, 7) is 1.51. The minimum Gasteiger partial charge on any atom is -0.382 e. The largest absolute Gasteiger partial charge is 0.417 e. The number of alkyl halides is 3. The highest BCUT2D eigenvalue weighted by molar-refractivity contribution is 6.05. The van der Waals surface area contributed by atoms with Gasteiger partial charge in [-0.2, -0.15) is 17.9 Å². The van der Waals surface area contributed by atoms with Crippen LogP contribution in [0, 0.1) is 12.7 Å². The van der Waals surface area contributed by atoms with E-state index in [0.717, 1.165) is 16.8 Å². The minimum absolute atomic E-state index is 0.121. The zero-order chi connectivity index (χ0) is 19.8. The Kier molecular flexibility index (Phi) is 4.52. The van der Waals surface area contributed by atoms with Gasteiger partial charge in [-0.05, 0) is 31.2 Å². The number of aromatic nitrogens is 4. The van der Waals surface area contributed by atoms with Gasteiger partial charge >= 0.3 is 6.18 Å². The third-order valence-corrected chi connectivity index (χ3v) is 3.72. The fourth-order valence-electron chi connectivity index (χ4n) is 2.27. The Morgan fingerprint density at radius 1 is 1.22 bits per heavy atom. The molecule has 2 aromatic heterocycles. The number of hydrogen-bond acceptors (Lipinski definition) is 5. The van der Waals surface area contributed by atoms with Crippen LogP contribution in [0.15, 0.2) is 36.5 Å². The number of hydrogen-bond donors (Lipinski definition) is 2. The molecule has 0 spiro atoms. The number of halogens is 4. The molecule has 0 fully saturated rings. The number of nitrogen functional groups attached to an aromatic ring is 1. The molecule has 2 heterocycles. The maximum Gasteiger partial charge on any atom is 0.417 e. The molecule has 0 bridgehead atoms.